The number of thioether (sulfide) groups is 1. The highest BCUT2D eigenvalue weighted by molar-refractivity contribution is 8.00. The Kier molecular flexibility index (Phi) is 13.6. The summed E-state index contributed by atoms with van der Waals surface area (Å²) < 4.78 is 7.98. The number of β-lactam (4-membered cyclic amide) rings is 1. The lowest BCUT2D eigenvalue weighted by Gasteiger charge is -2.49. The molecule has 1 saturated heterocycles. The maximum Gasteiger partial charge on any atom is 0.356 e. The third kappa shape index (κ3) is 9.40. The summed E-state index contributed by atoms with van der Waals surface area (Å²) in [5.74, 6) is -2.02. The molecule has 4 aliphatic rings. The summed E-state index contributed by atoms with van der Waals surface area (Å²) in [5.41, 5.74) is 4.84. The van der Waals surface area contributed by atoms with Crippen LogP contribution in [0.2, 0.25) is 0 Å². The van der Waals surface area contributed by atoms with Crippen molar-refractivity contribution in [3.63, 3.8) is 0 Å². The molecule has 3 aliphatic heterocycles. The van der Waals surface area contributed by atoms with E-state index in [1.165, 1.54) is 53.4 Å². The number of nitrogens with one attached hydrogen (secondary N) is 2. The molecule has 2 amide bonds. The number of amides is 2. The second-order valence-electron chi connectivity index (χ2n) is 16.8. The number of nitrogens with zero attached hydrogens (tertiary/aromatic N) is 5. The second kappa shape index (κ2) is 20.8. The molecule has 3 N–H and O–H groups in total. The van der Waals surface area contributed by atoms with Gasteiger partial charge >= 0.3 is 5.97 Å². The number of rotatable bonds is 16. The molecular formula is C56H45N7O7S2. The van der Waals surface area contributed by atoms with Crippen molar-refractivity contribution in [1.82, 2.24) is 25.0 Å². The number of esters is 1. The molecule has 1 aromatic heterocycles. The number of oxime groups is 1. The number of aromatic nitrogens is 3. The zero-order valence-electron chi connectivity index (χ0n) is 38.6. The quantitative estimate of drug-likeness (QED) is 0.0278. The molecule has 10 rings (SSSR count). The van der Waals surface area contributed by atoms with E-state index in [1.807, 2.05) is 115 Å². The van der Waals surface area contributed by atoms with E-state index in [0.717, 1.165) is 27.8 Å². The Morgan fingerprint density at radius 3 is 2.00 bits per heavy atom. The lowest BCUT2D eigenvalue weighted by atomic mass is 9.77. The molecule has 0 radical (unpaired) electrons. The summed E-state index contributed by atoms with van der Waals surface area (Å²) >= 11 is 2.68. The number of allylic oxidation sites excluding steroid dienone is 2. The van der Waals surface area contributed by atoms with Gasteiger partial charge in [0.25, 0.3) is 11.8 Å². The Balaban J connectivity index is 0.928. The van der Waals surface area contributed by atoms with Crippen LogP contribution < -0.4 is 16.1 Å². The normalized spacial score (nSPS) is 15.8. The Morgan fingerprint density at radius 2 is 1.42 bits per heavy atom. The molecule has 16 heteroatoms. The largest absolute Gasteiger partial charge is 0.504 e. The number of ether oxygens (including phenoxy) is 1. The number of carbonyl (C=O) groups excluding carboxylic acids is 3. The van der Waals surface area contributed by atoms with Gasteiger partial charge in [-0.1, -0.05) is 169 Å². The number of aromatic hydroxyl groups is 1. The average Bonchev–Trinajstić information content (AvgIpc) is 3.89. The number of benzene rings is 6. The minimum Gasteiger partial charge on any atom is -0.504 e. The first kappa shape index (κ1) is 47.1. The van der Waals surface area contributed by atoms with Gasteiger partial charge in [-0.25, -0.2) is 9.78 Å². The van der Waals surface area contributed by atoms with Crippen LogP contribution in [0.15, 0.2) is 215 Å². The molecule has 0 saturated carbocycles. The van der Waals surface area contributed by atoms with Gasteiger partial charge in [-0.05, 0) is 45.5 Å². The van der Waals surface area contributed by atoms with E-state index in [2.05, 4.69) is 57.3 Å². The van der Waals surface area contributed by atoms with Gasteiger partial charge in [-0.2, -0.15) is 5.10 Å². The van der Waals surface area contributed by atoms with Gasteiger partial charge in [0, 0.05) is 28.5 Å². The molecule has 4 heterocycles. The van der Waals surface area contributed by atoms with Crippen molar-refractivity contribution in [3.8, 4) is 16.9 Å². The fourth-order valence-corrected chi connectivity index (χ4v) is 11.0. The fourth-order valence-electron chi connectivity index (χ4n) is 8.95. The van der Waals surface area contributed by atoms with Gasteiger partial charge in [-0.3, -0.25) is 24.0 Å². The maximum absolute atomic E-state index is 14.7. The number of anilines is 1. The second-order valence-corrected chi connectivity index (χ2v) is 18.8. The van der Waals surface area contributed by atoms with Crippen LogP contribution in [-0.4, -0.2) is 72.5 Å². The van der Waals surface area contributed by atoms with Crippen molar-refractivity contribution in [1.29, 1.82) is 0 Å². The Hall–Kier alpha value is -8.60. The first-order valence-electron chi connectivity index (χ1n) is 22.9. The minimum atomic E-state index is -1.04. The predicted octanol–water partition coefficient (Wildman–Crippen LogP) is 8.51. The Bertz CT molecular complexity index is 3230. The molecule has 2 atom stereocenters. The molecular weight excluding hydrogens is 947 g/mol. The minimum absolute atomic E-state index is 0.0476. The van der Waals surface area contributed by atoms with Gasteiger partial charge in [0.2, 0.25) is 5.43 Å². The van der Waals surface area contributed by atoms with Crippen LogP contribution >= 0.6 is 23.1 Å². The summed E-state index contributed by atoms with van der Waals surface area (Å²) in [7, 11) is 1.33. The van der Waals surface area contributed by atoms with Gasteiger partial charge in [0.15, 0.2) is 22.7 Å². The Morgan fingerprint density at radius 1 is 0.833 bits per heavy atom. The first-order chi connectivity index (χ1) is 35.2. The molecule has 1 fully saturated rings. The average molecular weight is 992 g/mol. The van der Waals surface area contributed by atoms with E-state index < -0.39 is 46.3 Å². The fraction of sp³-hybridized carbons (Fsp3) is 0.125. The molecule has 0 spiro atoms. The molecule has 0 bridgehead atoms. The highest BCUT2D eigenvalue weighted by Gasteiger charge is 2.55. The lowest BCUT2D eigenvalue weighted by molar-refractivity contribution is -0.154. The molecule has 5 aromatic carbocycles. The zero-order chi connectivity index (χ0) is 49.6. The van der Waals surface area contributed by atoms with E-state index in [9.17, 15) is 24.3 Å². The number of phenolic OH excluding ortho intramolecular Hbond substituents is 1. The van der Waals surface area contributed by atoms with E-state index >= 15 is 0 Å². The van der Waals surface area contributed by atoms with Crippen LogP contribution in [0, 0.1) is 0 Å². The van der Waals surface area contributed by atoms with Crippen molar-refractivity contribution in [2.75, 3.05) is 18.2 Å². The third-order valence-electron chi connectivity index (χ3n) is 12.4. The van der Waals surface area contributed by atoms with E-state index in [0.29, 0.717) is 21.8 Å². The van der Waals surface area contributed by atoms with Gasteiger partial charge in [0.1, 0.15) is 35.5 Å². The molecule has 6 aromatic rings. The topological polar surface area (TPSA) is 177 Å². The van der Waals surface area contributed by atoms with Gasteiger partial charge < -0.3 is 25.3 Å². The van der Waals surface area contributed by atoms with Crippen molar-refractivity contribution >= 4 is 51.7 Å². The smallest absolute Gasteiger partial charge is 0.356 e. The summed E-state index contributed by atoms with van der Waals surface area (Å²) in [6.07, 6.45) is 5.99. The van der Waals surface area contributed by atoms with Crippen LogP contribution in [0.4, 0.5) is 5.13 Å². The number of carbonyl (C=O) groups is 3. The number of hydrogen-bond donors (Lipinski definition) is 3. The van der Waals surface area contributed by atoms with Crippen molar-refractivity contribution < 1.29 is 29.1 Å². The molecule has 358 valence electrons. The van der Waals surface area contributed by atoms with Crippen LogP contribution in [0.1, 0.15) is 39.6 Å². The third-order valence-corrected chi connectivity index (χ3v) is 14.4. The monoisotopic (exact) mass is 991 g/mol. The van der Waals surface area contributed by atoms with Crippen LogP contribution in [-0.2, 0) is 36.0 Å². The highest BCUT2D eigenvalue weighted by atomic mass is 32.2. The predicted molar refractivity (Wildman–Crippen MR) is 277 cm³/mol. The lowest BCUT2D eigenvalue weighted by Crippen LogP contribution is -2.71. The number of thiazole rings is 1. The molecule has 14 nitrogen and oxygen atoms in total. The standard InChI is InChI=1S/C56H45N7O7S2/c1-69-61-47(44-35-72-55(58-44)60-56(41-23-11-4-12-24-41,42-25-13-5-14-26-42)43-27-15-6-16-28-43)51(66)59-48-52(67)63-49(54(68)70-50(36-18-7-2-8-19-36)37-20-9-3-10-21-37)38(34-71-53(48)63)22-17-29-62-33-40-31-46(65)45(64)30-39(40)32-57-62/h2-28,30-33,35,48,50,53,65H,29,34H2,1H3,(H,58,60)(H,59,66)/b22-17+,61-47-/t48?,53-/m1/s1. The Labute approximate surface area is 422 Å². The van der Waals surface area contributed by atoms with Crippen LogP contribution in [0.3, 0.4) is 0 Å². The zero-order valence-corrected chi connectivity index (χ0v) is 40.2. The number of phenols is 1. The summed E-state index contributed by atoms with van der Waals surface area (Å²) in [6, 6.07) is 50.6. The molecule has 72 heavy (non-hydrogen) atoms. The van der Waals surface area contributed by atoms with Gasteiger partial charge in [-0.15, -0.1) is 23.1 Å². The van der Waals surface area contributed by atoms with Crippen molar-refractivity contribution in [2.24, 2.45) is 5.16 Å². The summed E-state index contributed by atoms with van der Waals surface area (Å²) in [6.45, 7) is 0.250. The van der Waals surface area contributed by atoms with E-state index in [-0.39, 0.29) is 35.1 Å². The van der Waals surface area contributed by atoms with Gasteiger partial charge in [0.05, 0.1) is 12.7 Å². The molecule has 1 aliphatic carbocycles. The van der Waals surface area contributed by atoms with Crippen molar-refractivity contribution in [3.05, 3.63) is 249 Å². The highest BCUT2D eigenvalue weighted by Crippen LogP contribution is 2.43. The van der Waals surface area contributed by atoms with Crippen LogP contribution in [0.25, 0.3) is 11.1 Å². The van der Waals surface area contributed by atoms with Crippen LogP contribution in [0.5, 0.6) is 5.75 Å². The van der Waals surface area contributed by atoms with Crippen molar-refractivity contribution in [2.45, 2.75) is 29.6 Å². The number of hydrogen-bond acceptors (Lipinski definition) is 13. The molecule has 1 unspecified atom stereocenters. The van der Waals surface area contributed by atoms with E-state index in [4.69, 9.17) is 14.6 Å². The van der Waals surface area contributed by atoms with E-state index in [1.54, 1.807) is 28.4 Å². The number of fused-ring (bicyclic) bond motifs is 2. The summed E-state index contributed by atoms with van der Waals surface area (Å²) in [4.78, 5) is 67.0. The SMILES string of the molecule is CO/N=C(\C(=O)NC1C(=O)N2C(C(=O)OC(c3ccccc3)c3ccccc3)=C(/C=C/Cn3cc4cc(O)c(=O)cc-4cn3)CS[C@H]12)c1csc(NC(c2ccccc2)(c2ccccc2)c2ccccc2)n1. The maximum atomic E-state index is 14.7. The first-order valence-corrected chi connectivity index (χ1v) is 24.8. The summed E-state index contributed by atoms with van der Waals surface area (Å²) in [5, 5.41) is 26.7.